The Morgan fingerprint density at radius 1 is 0.833 bits per heavy atom. The standard InChI is InChI=1S/C30H22F13NO4/c1-4-44(25(46)19-11-15(28(35,36)37)8-9-20(19)31)21-7-5-6-17(24(21)47-3)22(45)13-18-14(2)10-16(12-23(18)48-26(32)33)27(34,29(38,39)40)30(41,42)43/h5-12,26H,4,13H2,1-3H3. The number of ketones is 1. The zero-order valence-corrected chi connectivity index (χ0v) is 24.6. The van der Waals surface area contributed by atoms with E-state index in [9.17, 15) is 66.7 Å². The summed E-state index contributed by atoms with van der Waals surface area (Å²) >= 11 is 0. The van der Waals surface area contributed by atoms with Gasteiger partial charge in [0, 0.05) is 24.1 Å². The molecule has 18 heteroatoms. The number of Topliss-reactive ketones (excluding diaryl/α,β-unsaturated/α-hetero) is 1. The monoisotopic (exact) mass is 707 g/mol. The Bertz CT molecular complexity index is 1670. The SMILES string of the molecule is CCN(C(=O)c1cc(C(F)(F)F)ccc1F)c1cccc(C(=O)Cc2c(C)cc(C(F)(C(F)(F)F)C(F)(F)F)cc2OC(F)F)c1OC. The van der Waals surface area contributed by atoms with Gasteiger partial charge < -0.3 is 14.4 Å². The summed E-state index contributed by atoms with van der Waals surface area (Å²) < 4.78 is 185. The van der Waals surface area contributed by atoms with Crippen LogP contribution in [0.1, 0.15) is 49.9 Å². The quantitative estimate of drug-likeness (QED) is 0.156. The minimum absolute atomic E-state index is 0.0661. The van der Waals surface area contributed by atoms with Gasteiger partial charge in [0.25, 0.3) is 5.91 Å². The number of hydrogen-bond acceptors (Lipinski definition) is 4. The molecule has 0 aromatic heterocycles. The normalized spacial score (nSPS) is 12.7. The number of ether oxygens (including phenoxy) is 2. The number of methoxy groups -OCH3 is 1. The van der Waals surface area contributed by atoms with E-state index in [1.54, 1.807) is 0 Å². The van der Waals surface area contributed by atoms with Gasteiger partial charge >= 0.3 is 30.8 Å². The van der Waals surface area contributed by atoms with Crippen LogP contribution in [0.2, 0.25) is 0 Å². The molecule has 5 nitrogen and oxygen atoms in total. The van der Waals surface area contributed by atoms with E-state index in [1.807, 2.05) is 0 Å². The zero-order valence-electron chi connectivity index (χ0n) is 24.6. The first-order valence-corrected chi connectivity index (χ1v) is 13.3. The van der Waals surface area contributed by atoms with E-state index in [1.165, 1.54) is 6.92 Å². The van der Waals surface area contributed by atoms with Gasteiger partial charge in [0.2, 0.25) is 0 Å². The van der Waals surface area contributed by atoms with Crippen LogP contribution in [-0.2, 0) is 18.3 Å². The maximum absolute atomic E-state index is 14.8. The van der Waals surface area contributed by atoms with Crippen molar-refractivity contribution in [3.63, 3.8) is 0 Å². The lowest BCUT2D eigenvalue weighted by molar-refractivity contribution is -0.348. The molecular formula is C30H22F13NO4. The zero-order chi connectivity index (χ0) is 36.6. The molecule has 3 aromatic carbocycles. The highest BCUT2D eigenvalue weighted by Crippen LogP contribution is 2.54. The average molecular weight is 707 g/mol. The van der Waals surface area contributed by atoms with Gasteiger partial charge in [-0.2, -0.15) is 48.3 Å². The Morgan fingerprint density at radius 2 is 1.44 bits per heavy atom. The second-order valence-electron chi connectivity index (χ2n) is 10.0. The van der Waals surface area contributed by atoms with Crippen LogP contribution in [0, 0.1) is 12.7 Å². The fraction of sp³-hybridized carbons (Fsp3) is 0.333. The molecule has 3 aromatic rings. The molecule has 1 amide bonds. The number of anilines is 1. The van der Waals surface area contributed by atoms with Crippen LogP contribution in [0.4, 0.5) is 62.8 Å². The van der Waals surface area contributed by atoms with Gasteiger partial charge in [-0.15, -0.1) is 0 Å². The van der Waals surface area contributed by atoms with Crippen molar-refractivity contribution >= 4 is 17.4 Å². The van der Waals surface area contributed by atoms with Crippen LogP contribution in [0.15, 0.2) is 48.5 Å². The number of hydrogen-bond donors (Lipinski definition) is 0. The van der Waals surface area contributed by atoms with Crippen LogP contribution in [0.5, 0.6) is 11.5 Å². The molecular weight excluding hydrogens is 685 g/mol. The van der Waals surface area contributed by atoms with E-state index in [2.05, 4.69) is 4.74 Å². The highest BCUT2D eigenvalue weighted by Gasteiger charge is 2.73. The fourth-order valence-electron chi connectivity index (χ4n) is 4.76. The molecule has 0 heterocycles. The second-order valence-corrected chi connectivity index (χ2v) is 10.0. The average Bonchev–Trinajstić information content (AvgIpc) is 2.96. The molecule has 262 valence electrons. The summed E-state index contributed by atoms with van der Waals surface area (Å²) in [5.41, 5.74) is -12.6. The predicted octanol–water partition coefficient (Wildman–Crippen LogP) is 9.14. The van der Waals surface area contributed by atoms with E-state index in [0.717, 1.165) is 37.1 Å². The third-order valence-electron chi connectivity index (χ3n) is 7.04. The Labute approximate surface area is 262 Å². The summed E-state index contributed by atoms with van der Waals surface area (Å²) in [6, 6.07) is 4.26. The number of carbonyl (C=O) groups is 2. The van der Waals surface area contributed by atoms with Crippen LogP contribution >= 0.6 is 0 Å². The molecule has 0 radical (unpaired) electrons. The summed E-state index contributed by atoms with van der Waals surface area (Å²) in [7, 11) is 0.985. The number of benzene rings is 3. The maximum atomic E-state index is 14.8. The largest absolute Gasteiger partial charge is 0.494 e. The van der Waals surface area contributed by atoms with Gasteiger partial charge in [-0.25, -0.2) is 8.78 Å². The van der Waals surface area contributed by atoms with Gasteiger partial charge in [-0.05, 0) is 55.8 Å². The summed E-state index contributed by atoms with van der Waals surface area (Å²) in [4.78, 5) is 27.5. The Kier molecular flexibility index (Phi) is 10.7. The van der Waals surface area contributed by atoms with Gasteiger partial charge in [0.15, 0.2) is 11.5 Å². The summed E-state index contributed by atoms with van der Waals surface area (Å²) in [5, 5.41) is 0. The first-order valence-electron chi connectivity index (χ1n) is 13.3. The van der Waals surface area contributed by atoms with Crippen molar-refractivity contribution < 1.29 is 76.1 Å². The van der Waals surface area contributed by atoms with Crippen molar-refractivity contribution in [1.82, 2.24) is 0 Å². The fourth-order valence-corrected chi connectivity index (χ4v) is 4.76. The Morgan fingerprint density at radius 3 is 1.94 bits per heavy atom. The third-order valence-corrected chi connectivity index (χ3v) is 7.04. The van der Waals surface area contributed by atoms with Crippen LogP contribution < -0.4 is 14.4 Å². The molecule has 0 aliphatic heterocycles. The van der Waals surface area contributed by atoms with E-state index in [-0.39, 0.29) is 30.4 Å². The van der Waals surface area contributed by atoms with E-state index in [0.29, 0.717) is 12.1 Å². The highest BCUT2D eigenvalue weighted by molar-refractivity contribution is 6.09. The van der Waals surface area contributed by atoms with Crippen LogP contribution in [0.25, 0.3) is 0 Å². The predicted molar refractivity (Wildman–Crippen MR) is 142 cm³/mol. The second kappa shape index (κ2) is 13.5. The molecule has 0 N–H and O–H groups in total. The molecule has 0 saturated heterocycles. The van der Waals surface area contributed by atoms with Crippen molar-refractivity contribution in [3.8, 4) is 11.5 Å². The van der Waals surface area contributed by atoms with Crippen LogP contribution in [0.3, 0.4) is 0 Å². The number of nitrogens with zero attached hydrogens (tertiary/aromatic N) is 1. The Balaban J connectivity index is 2.13. The van der Waals surface area contributed by atoms with Gasteiger partial charge in [-0.1, -0.05) is 12.1 Å². The topological polar surface area (TPSA) is 55.8 Å². The highest BCUT2D eigenvalue weighted by atomic mass is 19.4. The first-order chi connectivity index (χ1) is 22.0. The number of alkyl halides is 12. The molecule has 0 aliphatic rings. The summed E-state index contributed by atoms with van der Waals surface area (Å²) in [6.07, 6.45) is -19.2. The lowest BCUT2D eigenvalue weighted by Crippen LogP contribution is -2.50. The van der Waals surface area contributed by atoms with Gasteiger partial charge in [-0.3, -0.25) is 9.59 Å². The van der Waals surface area contributed by atoms with Crippen molar-refractivity contribution in [1.29, 1.82) is 0 Å². The number of halogens is 13. The smallest absolute Gasteiger partial charge is 0.435 e. The van der Waals surface area contributed by atoms with E-state index >= 15 is 0 Å². The number of rotatable bonds is 10. The minimum atomic E-state index is -6.59. The first kappa shape index (κ1) is 37.9. The van der Waals surface area contributed by atoms with Gasteiger partial charge in [0.1, 0.15) is 11.6 Å². The van der Waals surface area contributed by atoms with Crippen LogP contribution in [-0.4, -0.2) is 44.3 Å². The molecule has 0 saturated carbocycles. The molecule has 0 fully saturated rings. The minimum Gasteiger partial charge on any atom is -0.494 e. The molecule has 0 bridgehead atoms. The molecule has 0 unspecified atom stereocenters. The molecule has 0 spiro atoms. The van der Waals surface area contributed by atoms with Crippen molar-refractivity contribution in [2.24, 2.45) is 0 Å². The summed E-state index contributed by atoms with van der Waals surface area (Å²) in [6.45, 7) is -2.04. The lowest BCUT2D eigenvalue weighted by atomic mass is 9.89. The molecule has 48 heavy (non-hydrogen) atoms. The lowest BCUT2D eigenvalue weighted by Gasteiger charge is -2.31. The molecule has 3 rings (SSSR count). The number of aryl methyl sites for hydroxylation is 1. The maximum Gasteiger partial charge on any atom is 0.435 e. The van der Waals surface area contributed by atoms with E-state index in [4.69, 9.17) is 4.74 Å². The van der Waals surface area contributed by atoms with Crippen molar-refractivity contribution in [3.05, 3.63) is 87.7 Å². The van der Waals surface area contributed by atoms with Crippen molar-refractivity contribution in [2.45, 2.75) is 51.1 Å². The summed E-state index contributed by atoms with van der Waals surface area (Å²) in [5.74, 6) is -5.56. The number of para-hydroxylation sites is 1. The third kappa shape index (κ3) is 7.31. The van der Waals surface area contributed by atoms with Crippen molar-refractivity contribution in [2.75, 3.05) is 18.6 Å². The molecule has 0 aliphatic carbocycles. The number of amides is 1. The van der Waals surface area contributed by atoms with E-state index < -0.39 is 99.6 Å². The van der Waals surface area contributed by atoms with Gasteiger partial charge in [0.05, 0.1) is 29.5 Å². The molecule has 0 atom stereocenters. The number of carbonyl (C=O) groups excluding carboxylic acids is 2. The Hall–Kier alpha value is -4.51.